The first-order valence-electron chi connectivity index (χ1n) is 6.92. The zero-order valence-corrected chi connectivity index (χ0v) is 12.0. The van der Waals surface area contributed by atoms with Crippen LogP contribution in [0.3, 0.4) is 0 Å². The number of hydrogen-bond donors (Lipinski definition) is 2. The highest BCUT2D eigenvalue weighted by molar-refractivity contribution is 5.78. The molecule has 1 heterocycles. The standard InChI is InChI=1S/C15H19FN2O3/c1-9-7-18(8-13(9)14(19)20)15(21)17-10(2)11-4-3-5-12(16)6-11/h3-6,9-10,13H,7-8H2,1-2H3,(H,17,21)(H,19,20). The van der Waals surface area contributed by atoms with Gasteiger partial charge in [0.25, 0.3) is 0 Å². The number of urea groups is 1. The number of carbonyl (C=O) groups is 2. The highest BCUT2D eigenvalue weighted by Crippen LogP contribution is 2.23. The topological polar surface area (TPSA) is 69.6 Å². The fourth-order valence-corrected chi connectivity index (χ4v) is 2.59. The highest BCUT2D eigenvalue weighted by Gasteiger charge is 2.37. The maximum atomic E-state index is 13.2. The Hall–Kier alpha value is -2.11. The van der Waals surface area contributed by atoms with Crippen molar-refractivity contribution in [3.8, 4) is 0 Å². The molecule has 2 amide bonds. The summed E-state index contributed by atoms with van der Waals surface area (Å²) in [5, 5.41) is 11.8. The molecule has 3 atom stereocenters. The van der Waals surface area contributed by atoms with Gasteiger partial charge in [-0.1, -0.05) is 19.1 Å². The molecule has 1 aromatic rings. The molecular formula is C15H19FN2O3. The molecule has 2 rings (SSSR count). The molecule has 0 aliphatic carbocycles. The third-order valence-corrected chi connectivity index (χ3v) is 3.91. The Morgan fingerprint density at radius 1 is 1.43 bits per heavy atom. The molecule has 1 saturated heterocycles. The third-order valence-electron chi connectivity index (χ3n) is 3.91. The molecule has 1 aliphatic heterocycles. The number of carbonyl (C=O) groups excluding carboxylic acids is 1. The van der Waals surface area contributed by atoms with Crippen LogP contribution in [-0.2, 0) is 4.79 Å². The third kappa shape index (κ3) is 3.51. The van der Waals surface area contributed by atoms with E-state index in [1.54, 1.807) is 19.1 Å². The number of amides is 2. The van der Waals surface area contributed by atoms with Crippen LogP contribution < -0.4 is 5.32 Å². The van der Waals surface area contributed by atoms with Gasteiger partial charge in [-0.05, 0) is 30.5 Å². The average Bonchev–Trinajstić information content (AvgIpc) is 2.81. The Morgan fingerprint density at radius 3 is 2.71 bits per heavy atom. The monoisotopic (exact) mass is 294 g/mol. The van der Waals surface area contributed by atoms with Gasteiger partial charge < -0.3 is 15.3 Å². The number of benzene rings is 1. The maximum Gasteiger partial charge on any atom is 0.317 e. The molecule has 2 N–H and O–H groups in total. The van der Waals surface area contributed by atoms with Crippen LogP contribution in [0.2, 0.25) is 0 Å². The first-order chi connectivity index (χ1) is 9.88. The molecule has 1 aliphatic rings. The summed E-state index contributed by atoms with van der Waals surface area (Å²) in [5.41, 5.74) is 0.672. The van der Waals surface area contributed by atoms with Gasteiger partial charge >= 0.3 is 12.0 Å². The minimum Gasteiger partial charge on any atom is -0.481 e. The normalized spacial score (nSPS) is 22.9. The van der Waals surface area contributed by atoms with E-state index in [4.69, 9.17) is 5.11 Å². The van der Waals surface area contributed by atoms with Crippen molar-refractivity contribution in [2.24, 2.45) is 11.8 Å². The summed E-state index contributed by atoms with van der Waals surface area (Å²) in [6.45, 7) is 4.21. The Labute approximate surface area is 122 Å². The van der Waals surface area contributed by atoms with Crippen molar-refractivity contribution in [3.63, 3.8) is 0 Å². The van der Waals surface area contributed by atoms with Crippen molar-refractivity contribution in [1.29, 1.82) is 0 Å². The molecule has 3 unspecified atom stereocenters. The van der Waals surface area contributed by atoms with Gasteiger partial charge in [0.05, 0.1) is 12.0 Å². The number of halogens is 1. The molecule has 5 nitrogen and oxygen atoms in total. The van der Waals surface area contributed by atoms with Gasteiger partial charge in [0.2, 0.25) is 0 Å². The number of rotatable bonds is 3. The van der Waals surface area contributed by atoms with Crippen molar-refractivity contribution in [1.82, 2.24) is 10.2 Å². The second-order valence-electron chi connectivity index (χ2n) is 5.55. The van der Waals surface area contributed by atoms with Crippen molar-refractivity contribution in [2.45, 2.75) is 19.9 Å². The van der Waals surface area contributed by atoms with Crippen LogP contribution in [0.4, 0.5) is 9.18 Å². The average molecular weight is 294 g/mol. The summed E-state index contributed by atoms with van der Waals surface area (Å²) >= 11 is 0. The minimum absolute atomic E-state index is 0.0716. The van der Waals surface area contributed by atoms with Crippen LogP contribution in [0.15, 0.2) is 24.3 Å². The predicted octanol–water partition coefficient (Wildman–Crippen LogP) is 2.25. The van der Waals surface area contributed by atoms with Crippen molar-refractivity contribution in [3.05, 3.63) is 35.6 Å². The number of carboxylic acid groups (broad SMARTS) is 1. The van der Waals surface area contributed by atoms with E-state index in [-0.39, 0.29) is 30.4 Å². The van der Waals surface area contributed by atoms with Crippen LogP contribution in [0, 0.1) is 17.7 Å². The van der Waals surface area contributed by atoms with Gasteiger partial charge in [-0.25, -0.2) is 9.18 Å². The lowest BCUT2D eigenvalue weighted by Gasteiger charge is -2.21. The van der Waals surface area contributed by atoms with E-state index in [0.29, 0.717) is 12.1 Å². The SMILES string of the molecule is CC(NC(=O)N1CC(C)C(C(=O)O)C1)c1cccc(F)c1. The largest absolute Gasteiger partial charge is 0.481 e. The Balaban J connectivity index is 1.97. The molecule has 1 aromatic carbocycles. The van der Waals surface area contributed by atoms with Crippen LogP contribution in [0.1, 0.15) is 25.5 Å². The fraction of sp³-hybridized carbons (Fsp3) is 0.467. The molecule has 0 saturated carbocycles. The number of nitrogens with one attached hydrogen (secondary N) is 1. The second-order valence-corrected chi connectivity index (χ2v) is 5.55. The van der Waals surface area contributed by atoms with Gasteiger partial charge in [-0.15, -0.1) is 0 Å². The van der Waals surface area contributed by atoms with Crippen molar-refractivity contribution in [2.75, 3.05) is 13.1 Å². The summed E-state index contributed by atoms with van der Waals surface area (Å²) < 4.78 is 13.2. The van der Waals surface area contributed by atoms with E-state index in [2.05, 4.69) is 5.32 Å². The van der Waals surface area contributed by atoms with Crippen LogP contribution >= 0.6 is 0 Å². The van der Waals surface area contributed by atoms with Gasteiger partial charge in [-0.3, -0.25) is 4.79 Å². The van der Waals surface area contributed by atoms with Crippen LogP contribution in [0.5, 0.6) is 0 Å². The molecule has 0 radical (unpaired) electrons. The quantitative estimate of drug-likeness (QED) is 0.898. The van der Waals surface area contributed by atoms with Crippen LogP contribution in [-0.4, -0.2) is 35.1 Å². The Kier molecular flexibility index (Phi) is 4.45. The summed E-state index contributed by atoms with van der Waals surface area (Å²) in [7, 11) is 0. The molecule has 0 bridgehead atoms. The maximum absolute atomic E-state index is 13.2. The molecule has 1 fully saturated rings. The fourth-order valence-electron chi connectivity index (χ4n) is 2.59. The lowest BCUT2D eigenvalue weighted by molar-refractivity contribution is -0.142. The van der Waals surface area contributed by atoms with Gasteiger partial charge in [-0.2, -0.15) is 0 Å². The summed E-state index contributed by atoms with van der Waals surface area (Å²) in [5.74, 6) is -1.83. The predicted molar refractivity (Wildman–Crippen MR) is 75.2 cm³/mol. The molecule has 114 valence electrons. The van der Waals surface area contributed by atoms with E-state index in [0.717, 1.165) is 0 Å². The lowest BCUT2D eigenvalue weighted by Crippen LogP contribution is -2.40. The number of likely N-dealkylation sites (tertiary alicyclic amines) is 1. The second kappa shape index (κ2) is 6.11. The smallest absolute Gasteiger partial charge is 0.317 e. The zero-order valence-electron chi connectivity index (χ0n) is 12.0. The van der Waals surface area contributed by atoms with Crippen molar-refractivity contribution >= 4 is 12.0 Å². The summed E-state index contributed by atoms with van der Waals surface area (Å²) in [6, 6.07) is 5.39. The van der Waals surface area contributed by atoms with E-state index in [1.165, 1.54) is 17.0 Å². The van der Waals surface area contributed by atoms with Crippen LogP contribution in [0.25, 0.3) is 0 Å². The number of aliphatic carboxylic acids is 1. The first-order valence-corrected chi connectivity index (χ1v) is 6.92. The zero-order chi connectivity index (χ0) is 15.6. The molecule has 0 spiro atoms. The van der Waals surface area contributed by atoms with Gasteiger partial charge in [0.1, 0.15) is 5.82 Å². The van der Waals surface area contributed by atoms with Gasteiger partial charge in [0.15, 0.2) is 0 Å². The number of nitrogens with zero attached hydrogens (tertiary/aromatic N) is 1. The summed E-state index contributed by atoms with van der Waals surface area (Å²) in [6.07, 6.45) is 0. The van der Waals surface area contributed by atoms with Gasteiger partial charge in [0, 0.05) is 13.1 Å². The molecule has 0 aromatic heterocycles. The van der Waals surface area contributed by atoms with E-state index in [1.807, 2.05) is 6.92 Å². The Morgan fingerprint density at radius 2 is 2.14 bits per heavy atom. The van der Waals surface area contributed by atoms with Crippen molar-refractivity contribution < 1.29 is 19.1 Å². The lowest BCUT2D eigenvalue weighted by atomic mass is 9.99. The molecular weight excluding hydrogens is 275 g/mol. The minimum atomic E-state index is -0.879. The molecule has 21 heavy (non-hydrogen) atoms. The molecule has 6 heteroatoms. The first kappa shape index (κ1) is 15.3. The van der Waals surface area contributed by atoms with E-state index < -0.39 is 11.9 Å². The highest BCUT2D eigenvalue weighted by atomic mass is 19.1. The van der Waals surface area contributed by atoms with E-state index >= 15 is 0 Å². The number of hydrogen-bond acceptors (Lipinski definition) is 2. The number of carboxylic acids is 1. The summed E-state index contributed by atoms with van der Waals surface area (Å²) in [4.78, 5) is 24.7. The Bertz CT molecular complexity index is 549. The van der Waals surface area contributed by atoms with E-state index in [9.17, 15) is 14.0 Å².